The van der Waals surface area contributed by atoms with Gasteiger partial charge in [0.25, 0.3) is 0 Å². The van der Waals surface area contributed by atoms with Gasteiger partial charge in [0.05, 0.1) is 26.4 Å². The summed E-state index contributed by atoms with van der Waals surface area (Å²) >= 11 is 0. The normalized spacial score (nSPS) is 13.9. The predicted molar refractivity (Wildman–Crippen MR) is 455 cm³/mol. The first kappa shape index (κ1) is 108. The molecule has 110 heavy (non-hydrogen) atoms. The molecule has 0 aromatic rings. The van der Waals surface area contributed by atoms with Gasteiger partial charge in [0, 0.05) is 25.7 Å². The zero-order valence-electron chi connectivity index (χ0n) is 72.4. The molecular weight excluding hydrogens is 1430 g/mol. The van der Waals surface area contributed by atoms with Gasteiger partial charge in [-0.2, -0.15) is 0 Å². The van der Waals surface area contributed by atoms with E-state index in [0.29, 0.717) is 25.7 Å². The quantitative estimate of drug-likeness (QED) is 0.0222. The minimum Gasteiger partial charge on any atom is -0.462 e. The molecule has 0 fully saturated rings. The van der Waals surface area contributed by atoms with Gasteiger partial charge < -0.3 is 33.8 Å². The fourth-order valence-electron chi connectivity index (χ4n) is 14.3. The summed E-state index contributed by atoms with van der Waals surface area (Å²) < 4.78 is 69.0. The van der Waals surface area contributed by atoms with Gasteiger partial charge in [-0.25, -0.2) is 9.13 Å². The molecule has 3 N–H and O–H groups in total. The molecular formula is C91H178O17P2. The van der Waals surface area contributed by atoms with Crippen molar-refractivity contribution in [3.63, 3.8) is 0 Å². The molecule has 0 amide bonds. The maximum atomic E-state index is 13.2. The van der Waals surface area contributed by atoms with Crippen LogP contribution in [0.1, 0.15) is 497 Å². The smallest absolute Gasteiger partial charge is 0.462 e. The Morgan fingerprint density at radius 2 is 0.436 bits per heavy atom. The number of hydrogen-bond acceptors (Lipinski definition) is 15. The third kappa shape index (κ3) is 82.6. The lowest BCUT2D eigenvalue weighted by molar-refractivity contribution is -0.161. The number of hydrogen-bond donors (Lipinski definition) is 3. The average Bonchev–Trinajstić information content (AvgIpc) is 0.899. The highest BCUT2D eigenvalue weighted by Gasteiger charge is 2.31. The van der Waals surface area contributed by atoms with Crippen molar-refractivity contribution in [3.05, 3.63) is 0 Å². The lowest BCUT2D eigenvalue weighted by Gasteiger charge is -2.21. The summed E-state index contributed by atoms with van der Waals surface area (Å²) in [5.74, 6) is -1.37. The Kier molecular flexibility index (Phi) is 82.1. The summed E-state index contributed by atoms with van der Waals surface area (Å²) in [4.78, 5) is 73.4. The molecule has 17 nitrogen and oxygen atoms in total. The van der Waals surface area contributed by atoms with E-state index in [0.717, 1.165) is 102 Å². The molecule has 3 unspecified atom stereocenters. The third-order valence-corrected chi connectivity index (χ3v) is 23.8. The van der Waals surface area contributed by atoms with Crippen LogP contribution in [0, 0.1) is 5.92 Å². The first-order valence-electron chi connectivity index (χ1n) is 47.2. The highest BCUT2D eigenvalue weighted by molar-refractivity contribution is 7.47. The van der Waals surface area contributed by atoms with Crippen LogP contribution < -0.4 is 0 Å². The van der Waals surface area contributed by atoms with Crippen LogP contribution in [0.3, 0.4) is 0 Å². The van der Waals surface area contributed by atoms with Crippen LogP contribution >= 0.6 is 15.6 Å². The van der Waals surface area contributed by atoms with Crippen LogP contribution in [0.25, 0.3) is 0 Å². The van der Waals surface area contributed by atoms with Crippen molar-refractivity contribution in [1.29, 1.82) is 0 Å². The van der Waals surface area contributed by atoms with E-state index < -0.39 is 97.5 Å². The van der Waals surface area contributed by atoms with E-state index in [2.05, 4.69) is 34.6 Å². The molecule has 0 spiro atoms. The van der Waals surface area contributed by atoms with Crippen molar-refractivity contribution in [2.24, 2.45) is 5.92 Å². The SMILES string of the molecule is CCCCCCCCCCCCCCCCCCCCCCC(=O)OC[C@H](COP(=O)(O)OC[C@@H](O)COP(=O)(O)OC[C@@H](COC(=O)CCCCCCCCC(C)CC)OC(=O)CCCCCCCCCCCCCCCCCCCCCC)OC(=O)CCCCCCCCCCCCCCCCCCCCCC. The van der Waals surface area contributed by atoms with Gasteiger partial charge in [0.15, 0.2) is 12.2 Å². The van der Waals surface area contributed by atoms with Crippen molar-refractivity contribution >= 4 is 39.5 Å². The van der Waals surface area contributed by atoms with Gasteiger partial charge in [-0.1, -0.05) is 446 Å². The van der Waals surface area contributed by atoms with Crippen molar-refractivity contribution in [2.75, 3.05) is 39.6 Å². The number of ether oxygens (including phenoxy) is 4. The van der Waals surface area contributed by atoms with Gasteiger partial charge in [-0.15, -0.1) is 0 Å². The van der Waals surface area contributed by atoms with E-state index in [1.807, 2.05) is 0 Å². The number of aliphatic hydroxyl groups is 1. The van der Waals surface area contributed by atoms with Crippen LogP contribution in [-0.2, 0) is 65.4 Å². The van der Waals surface area contributed by atoms with E-state index in [1.54, 1.807) is 0 Å². The van der Waals surface area contributed by atoms with Crippen LogP contribution in [0.15, 0.2) is 0 Å². The lowest BCUT2D eigenvalue weighted by atomic mass is 10.00. The van der Waals surface area contributed by atoms with Crippen LogP contribution in [0.4, 0.5) is 0 Å². The summed E-state index contributed by atoms with van der Waals surface area (Å²) in [7, 11) is -9.93. The first-order valence-corrected chi connectivity index (χ1v) is 50.2. The Balaban J connectivity index is 5.21. The molecule has 0 rings (SSSR count). The molecule has 0 saturated heterocycles. The minimum absolute atomic E-state index is 0.108. The number of phosphoric ester groups is 2. The molecule has 0 aromatic heterocycles. The molecule has 0 aromatic carbocycles. The van der Waals surface area contributed by atoms with Crippen molar-refractivity contribution in [2.45, 2.75) is 515 Å². The Morgan fingerprint density at radius 3 is 0.645 bits per heavy atom. The number of aliphatic hydroxyl groups excluding tert-OH is 1. The highest BCUT2D eigenvalue weighted by Crippen LogP contribution is 2.45. The molecule has 0 aliphatic heterocycles. The number of carbonyl (C=O) groups excluding carboxylic acids is 4. The largest absolute Gasteiger partial charge is 0.472 e. The number of esters is 4. The monoisotopic (exact) mass is 1610 g/mol. The summed E-state index contributed by atoms with van der Waals surface area (Å²) in [6, 6.07) is 0. The van der Waals surface area contributed by atoms with Gasteiger partial charge >= 0.3 is 39.5 Å². The number of unbranched alkanes of at least 4 members (excludes halogenated alkanes) is 62. The van der Waals surface area contributed by atoms with Crippen LogP contribution in [0.2, 0.25) is 0 Å². The maximum absolute atomic E-state index is 13.2. The van der Waals surface area contributed by atoms with Crippen molar-refractivity contribution < 1.29 is 80.2 Å². The van der Waals surface area contributed by atoms with Crippen LogP contribution in [-0.4, -0.2) is 96.7 Å². The van der Waals surface area contributed by atoms with Crippen molar-refractivity contribution in [3.8, 4) is 0 Å². The first-order chi connectivity index (χ1) is 53.6. The van der Waals surface area contributed by atoms with Gasteiger partial charge in [0.2, 0.25) is 0 Å². The molecule has 0 radical (unpaired) electrons. The zero-order chi connectivity index (χ0) is 80.4. The van der Waals surface area contributed by atoms with E-state index in [4.69, 9.17) is 37.0 Å². The molecule has 0 aliphatic carbocycles. The van der Waals surface area contributed by atoms with Gasteiger partial charge in [-0.05, 0) is 31.6 Å². The summed E-state index contributed by atoms with van der Waals surface area (Å²) in [6.07, 6.45) is 79.4. The second-order valence-corrected chi connectivity index (χ2v) is 35.8. The Morgan fingerprint density at radius 1 is 0.255 bits per heavy atom. The third-order valence-electron chi connectivity index (χ3n) is 21.9. The molecule has 0 bridgehead atoms. The Labute approximate surface area is 677 Å². The fraction of sp³-hybridized carbons (Fsp3) is 0.956. The van der Waals surface area contributed by atoms with Gasteiger partial charge in [0.1, 0.15) is 19.3 Å². The van der Waals surface area contributed by atoms with Crippen LogP contribution in [0.5, 0.6) is 0 Å². The second kappa shape index (κ2) is 83.5. The summed E-state index contributed by atoms with van der Waals surface area (Å²) in [5, 5.41) is 10.7. The van der Waals surface area contributed by atoms with Gasteiger partial charge in [-0.3, -0.25) is 37.3 Å². The molecule has 19 heteroatoms. The summed E-state index contributed by atoms with van der Waals surface area (Å²) in [5.41, 5.74) is 0. The molecule has 6 atom stereocenters. The minimum atomic E-state index is -4.97. The Bertz CT molecular complexity index is 2080. The zero-order valence-corrected chi connectivity index (χ0v) is 74.2. The van der Waals surface area contributed by atoms with E-state index >= 15 is 0 Å². The fourth-order valence-corrected chi connectivity index (χ4v) is 15.9. The maximum Gasteiger partial charge on any atom is 0.472 e. The average molecular weight is 1610 g/mol. The van der Waals surface area contributed by atoms with E-state index in [9.17, 15) is 43.2 Å². The highest BCUT2D eigenvalue weighted by atomic mass is 31.2. The van der Waals surface area contributed by atoms with E-state index in [-0.39, 0.29) is 25.7 Å². The molecule has 0 heterocycles. The van der Waals surface area contributed by atoms with E-state index in [1.165, 1.54) is 315 Å². The number of phosphoric acid groups is 2. The topological polar surface area (TPSA) is 237 Å². The molecule has 654 valence electrons. The predicted octanol–water partition coefficient (Wildman–Crippen LogP) is 28.3. The van der Waals surface area contributed by atoms with Crippen molar-refractivity contribution in [1.82, 2.24) is 0 Å². The lowest BCUT2D eigenvalue weighted by Crippen LogP contribution is -2.30. The molecule has 0 saturated carbocycles. The Hall–Kier alpha value is -1.94. The molecule has 0 aliphatic rings. The summed E-state index contributed by atoms with van der Waals surface area (Å²) in [6.45, 7) is 7.35. The standard InChI is InChI=1S/C91H178O17P2/c1-6-10-13-16-19-22-25-28-31-34-37-40-43-46-49-52-55-58-64-69-74-88(93)101-80-86(107-90(95)76-71-66-59-56-53-50-47-44-41-38-35-32-29-26-23-20-17-14-11-7-2)82-105-109(97,98)103-78-85(92)79-104-110(99,100)106-83-87(81-102-89(94)75-70-65-62-61-63-68-73-84(5)9-4)108-91(96)77-72-67-60-57-54-51-48-45-42-39-36-33-30-27-24-21-18-15-12-8-3/h84-87,92H,6-83H2,1-5H3,(H,97,98)(H,99,100)/t84?,85-,86-,87-/m1/s1. The number of rotatable bonds is 91. The number of carbonyl (C=O) groups is 4. The second-order valence-electron chi connectivity index (χ2n) is 32.9.